The van der Waals surface area contributed by atoms with E-state index in [4.69, 9.17) is 0 Å². The zero-order valence-electron chi connectivity index (χ0n) is 15.8. The van der Waals surface area contributed by atoms with E-state index in [0.717, 1.165) is 24.3 Å². The smallest absolute Gasteiger partial charge is 0.255 e. The van der Waals surface area contributed by atoms with Crippen molar-refractivity contribution >= 4 is 17.4 Å². The van der Waals surface area contributed by atoms with Gasteiger partial charge in [0, 0.05) is 30.5 Å². The van der Waals surface area contributed by atoms with Crippen LogP contribution in [0, 0.1) is 0 Å². The molecular formula is C20H28N4O. The highest BCUT2D eigenvalue weighted by atomic mass is 16.1. The van der Waals surface area contributed by atoms with Crippen LogP contribution >= 0.6 is 0 Å². The third kappa shape index (κ3) is 5.57. The van der Waals surface area contributed by atoms with Gasteiger partial charge in [-0.2, -0.15) is 0 Å². The van der Waals surface area contributed by atoms with Crippen molar-refractivity contribution in [3.63, 3.8) is 0 Å². The number of hydrogen-bond donors (Lipinski definition) is 2. The Hall–Kier alpha value is -2.40. The van der Waals surface area contributed by atoms with E-state index in [0.29, 0.717) is 11.4 Å². The van der Waals surface area contributed by atoms with Crippen molar-refractivity contribution in [3.8, 4) is 0 Å². The predicted octanol–water partition coefficient (Wildman–Crippen LogP) is 3.60. The number of likely N-dealkylation sites (N-methyl/N-ethyl adjacent to an activating group) is 1. The first-order chi connectivity index (χ1) is 11.8. The molecule has 0 aliphatic carbocycles. The van der Waals surface area contributed by atoms with Crippen LogP contribution in [-0.2, 0) is 5.41 Å². The van der Waals surface area contributed by atoms with Crippen molar-refractivity contribution < 1.29 is 4.79 Å². The molecule has 5 heteroatoms. The van der Waals surface area contributed by atoms with Gasteiger partial charge in [0.2, 0.25) is 0 Å². The number of rotatable bonds is 6. The van der Waals surface area contributed by atoms with Crippen molar-refractivity contribution in [1.82, 2.24) is 9.88 Å². The van der Waals surface area contributed by atoms with Gasteiger partial charge in [0.15, 0.2) is 0 Å². The Morgan fingerprint density at radius 3 is 2.56 bits per heavy atom. The number of anilines is 2. The summed E-state index contributed by atoms with van der Waals surface area (Å²) in [5, 5.41) is 6.27. The molecule has 2 aromatic rings. The third-order valence-electron chi connectivity index (χ3n) is 3.87. The molecule has 0 aliphatic rings. The molecule has 1 heterocycles. The predicted molar refractivity (Wildman–Crippen MR) is 104 cm³/mol. The molecule has 25 heavy (non-hydrogen) atoms. The maximum atomic E-state index is 12.7. The first kappa shape index (κ1) is 18.9. The third-order valence-corrected chi connectivity index (χ3v) is 3.87. The van der Waals surface area contributed by atoms with Gasteiger partial charge in [-0.1, -0.05) is 39.0 Å². The second-order valence-electron chi connectivity index (χ2n) is 7.41. The molecule has 1 aromatic heterocycles. The quantitative estimate of drug-likeness (QED) is 0.843. The fourth-order valence-corrected chi connectivity index (χ4v) is 2.52. The molecule has 0 atom stereocenters. The number of benzene rings is 1. The highest BCUT2D eigenvalue weighted by Gasteiger charge is 2.19. The van der Waals surface area contributed by atoms with Gasteiger partial charge in [0.25, 0.3) is 5.91 Å². The van der Waals surface area contributed by atoms with Crippen LogP contribution in [0.5, 0.6) is 0 Å². The maximum absolute atomic E-state index is 12.7. The normalized spacial score (nSPS) is 11.4. The Morgan fingerprint density at radius 2 is 1.88 bits per heavy atom. The van der Waals surface area contributed by atoms with Crippen LogP contribution in [0.4, 0.5) is 11.5 Å². The van der Waals surface area contributed by atoms with Crippen LogP contribution in [0.1, 0.15) is 36.7 Å². The van der Waals surface area contributed by atoms with Crippen LogP contribution in [0.15, 0.2) is 42.6 Å². The minimum atomic E-state index is -0.130. The fourth-order valence-electron chi connectivity index (χ4n) is 2.52. The molecule has 5 nitrogen and oxygen atoms in total. The number of carbonyl (C=O) groups excluding carboxylic acids is 1. The molecule has 0 saturated heterocycles. The number of nitrogens with one attached hydrogen (secondary N) is 2. The summed E-state index contributed by atoms with van der Waals surface area (Å²) in [6, 6.07) is 11.4. The molecule has 0 bridgehead atoms. The summed E-state index contributed by atoms with van der Waals surface area (Å²) in [5.74, 6) is 0.577. The van der Waals surface area contributed by atoms with Crippen molar-refractivity contribution in [2.45, 2.75) is 26.2 Å². The van der Waals surface area contributed by atoms with E-state index in [1.807, 2.05) is 32.3 Å². The number of nitrogens with zero attached hydrogens (tertiary/aromatic N) is 2. The standard InChI is InChI=1S/C20H28N4O/c1-20(2,3)16-8-6-7-9-17(16)23-19(25)15-10-11-21-18(14-15)22-12-13-24(4)5/h6-11,14H,12-13H2,1-5H3,(H,21,22)(H,23,25). The molecule has 0 fully saturated rings. The van der Waals surface area contributed by atoms with E-state index in [9.17, 15) is 4.79 Å². The van der Waals surface area contributed by atoms with E-state index >= 15 is 0 Å². The van der Waals surface area contributed by atoms with Crippen molar-refractivity contribution in [3.05, 3.63) is 53.7 Å². The number of pyridine rings is 1. The number of amides is 1. The van der Waals surface area contributed by atoms with E-state index < -0.39 is 0 Å². The van der Waals surface area contributed by atoms with Gasteiger partial charge in [0.1, 0.15) is 5.82 Å². The lowest BCUT2D eigenvalue weighted by atomic mass is 9.86. The summed E-state index contributed by atoms with van der Waals surface area (Å²) in [7, 11) is 4.04. The Bertz CT molecular complexity index is 720. The molecule has 0 unspecified atom stereocenters. The second kappa shape index (κ2) is 8.12. The van der Waals surface area contributed by atoms with Crippen molar-refractivity contribution in [2.24, 2.45) is 0 Å². The largest absolute Gasteiger partial charge is 0.369 e. The van der Waals surface area contributed by atoms with Gasteiger partial charge in [-0.3, -0.25) is 4.79 Å². The van der Waals surface area contributed by atoms with Crippen molar-refractivity contribution in [2.75, 3.05) is 37.8 Å². The van der Waals surface area contributed by atoms with Gasteiger partial charge in [-0.25, -0.2) is 4.98 Å². The molecule has 2 rings (SSSR count). The lowest BCUT2D eigenvalue weighted by molar-refractivity contribution is 0.102. The maximum Gasteiger partial charge on any atom is 0.255 e. The van der Waals surface area contributed by atoms with Gasteiger partial charge in [0.05, 0.1) is 0 Å². The summed E-state index contributed by atoms with van der Waals surface area (Å²) in [5.41, 5.74) is 2.51. The average Bonchev–Trinajstić information content (AvgIpc) is 2.54. The number of carbonyl (C=O) groups is 1. The monoisotopic (exact) mass is 340 g/mol. The zero-order chi connectivity index (χ0) is 18.4. The lowest BCUT2D eigenvalue weighted by Gasteiger charge is -2.23. The van der Waals surface area contributed by atoms with Crippen LogP contribution in [0.25, 0.3) is 0 Å². The van der Waals surface area contributed by atoms with Crippen LogP contribution < -0.4 is 10.6 Å². The van der Waals surface area contributed by atoms with Gasteiger partial charge >= 0.3 is 0 Å². The Kier molecular flexibility index (Phi) is 6.15. The summed E-state index contributed by atoms with van der Waals surface area (Å²) >= 11 is 0. The Balaban J connectivity index is 2.12. The molecular weight excluding hydrogens is 312 g/mol. The number of para-hydroxylation sites is 1. The summed E-state index contributed by atoms with van der Waals surface area (Å²) in [6.07, 6.45) is 1.66. The summed E-state index contributed by atoms with van der Waals surface area (Å²) < 4.78 is 0. The summed E-state index contributed by atoms with van der Waals surface area (Å²) in [6.45, 7) is 8.08. The second-order valence-corrected chi connectivity index (χ2v) is 7.41. The van der Waals surface area contributed by atoms with E-state index in [1.54, 1.807) is 18.3 Å². The van der Waals surface area contributed by atoms with Gasteiger partial charge < -0.3 is 15.5 Å². The molecule has 0 aliphatic heterocycles. The van der Waals surface area contributed by atoms with Crippen molar-refractivity contribution in [1.29, 1.82) is 0 Å². The van der Waals surface area contributed by atoms with E-state index in [2.05, 4.69) is 47.4 Å². The first-order valence-corrected chi connectivity index (χ1v) is 8.53. The highest BCUT2D eigenvalue weighted by Crippen LogP contribution is 2.29. The lowest BCUT2D eigenvalue weighted by Crippen LogP contribution is -2.21. The molecule has 134 valence electrons. The van der Waals surface area contributed by atoms with Crippen LogP contribution in [-0.4, -0.2) is 43.0 Å². The molecule has 0 spiro atoms. The minimum absolute atomic E-state index is 0.0407. The molecule has 1 amide bonds. The number of hydrogen-bond acceptors (Lipinski definition) is 4. The highest BCUT2D eigenvalue weighted by molar-refractivity contribution is 6.05. The van der Waals surface area contributed by atoms with Gasteiger partial charge in [-0.05, 0) is 43.3 Å². The Morgan fingerprint density at radius 1 is 1.16 bits per heavy atom. The zero-order valence-corrected chi connectivity index (χ0v) is 15.8. The van der Waals surface area contributed by atoms with Crippen LogP contribution in [0.3, 0.4) is 0 Å². The average molecular weight is 340 g/mol. The molecule has 0 saturated carbocycles. The van der Waals surface area contributed by atoms with E-state index in [1.165, 1.54) is 0 Å². The SMILES string of the molecule is CN(C)CCNc1cc(C(=O)Nc2ccccc2C(C)(C)C)ccn1. The minimum Gasteiger partial charge on any atom is -0.369 e. The topological polar surface area (TPSA) is 57.3 Å². The van der Waals surface area contributed by atoms with Crippen LogP contribution in [0.2, 0.25) is 0 Å². The molecule has 1 aromatic carbocycles. The van der Waals surface area contributed by atoms with Gasteiger partial charge in [-0.15, -0.1) is 0 Å². The summed E-state index contributed by atoms with van der Waals surface area (Å²) in [4.78, 5) is 19.0. The first-order valence-electron chi connectivity index (χ1n) is 8.53. The van der Waals surface area contributed by atoms with E-state index in [-0.39, 0.29) is 11.3 Å². The Labute approximate surface area is 150 Å². The molecule has 0 radical (unpaired) electrons. The molecule has 2 N–H and O–H groups in total. The number of aromatic nitrogens is 1. The fraction of sp³-hybridized carbons (Fsp3) is 0.400.